The van der Waals surface area contributed by atoms with E-state index >= 15 is 0 Å². The maximum Gasteiger partial charge on any atom is 0.194 e. The van der Waals surface area contributed by atoms with E-state index in [1.165, 1.54) is 19.2 Å². The third-order valence-corrected chi connectivity index (χ3v) is 3.95. The molecule has 0 unspecified atom stereocenters. The normalized spacial score (nSPS) is 10.3. The van der Waals surface area contributed by atoms with Gasteiger partial charge in [-0.25, -0.2) is 4.39 Å². The van der Waals surface area contributed by atoms with Crippen LogP contribution in [0.3, 0.4) is 0 Å². The second kappa shape index (κ2) is 6.00. The first kappa shape index (κ1) is 14.5. The van der Waals surface area contributed by atoms with Crippen LogP contribution >= 0.6 is 38.5 Å². The number of hydrogen-bond acceptors (Lipinski definition) is 2. The molecule has 0 amide bonds. The Bertz CT molecular complexity index is 643. The Kier molecular flexibility index (Phi) is 4.57. The zero-order valence-corrected chi connectivity index (χ0v) is 13.7. The molecule has 0 heterocycles. The van der Waals surface area contributed by atoms with Crippen LogP contribution in [0.2, 0.25) is 0 Å². The van der Waals surface area contributed by atoms with Gasteiger partial charge in [0.1, 0.15) is 0 Å². The minimum Gasteiger partial charge on any atom is -0.494 e. The van der Waals surface area contributed by atoms with Crippen molar-refractivity contribution in [3.05, 3.63) is 61.4 Å². The number of ether oxygens (including phenoxy) is 1. The molecule has 2 aromatic rings. The molecule has 19 heavy (non-hydrogen) atoms. The van der Waals surface area contributed by atoms with Crippen LogP contribution in [0.25, 0.3) is 0 Å². The highest BCUT2D eigenvalue weighted by Crippen LogP contribution is 2.24. The second-order valence-electron chi connectivity index (χ2n) is 3.80. The first-order chi connectivity index (χ1) is 9.02. The molecule has 0 aliphatic carbocycles. The molecule has 0 N–H and O–H groups in total. The van der Waals surface area contributed by atoms with E-state index in [0.717, 1.165) is 3.57 Å². The quantitative estimate of drug-likeness (QED) is 0.527. The summed E-state index contributed by atoms with van der Waals surface area (Å²) in [5, 5.41) is 0. The maximum atomic E-state index is 13.6. The first-order valence-corrected chi connectivity index (χ1v) is 7.23. The molecular weight excluding hydrogens is 426 g/mol. The largest absolute Gasteiger partial charge is 0.494 e. The molecule has 0 saturated heterocycles. The standard InChI is InChI=1S/C14H9BrFIO2/c1-19-13-5-2-8(6-12(13)16)14(18)10-7-9(17)3-4-11(10)15/h2-7H,1H3. The number of rotatable bonds is 3. The predicted octanol–water partition coefficient (Wildman–Crippen LogP) is 4.43. The predicted molar refractivity (Wildman–Crippen MR) is 83.2 cm³/mol. The molecule has 2 nitrogen and oxygen atoms in total. The molecule has 2 rings (SSSR count). The second-order valence-corrected chi connectivity index (χ2v) is 5.90. The fourth-order valence-electron chi connectivity index (χ4n) is 1.63. The summed E-state index contributed by atoms with van der Waals surface area (Å²) >= 11 is 5.46. The highest BCUT2D eigenvalue weighted by molar-refractivity contribution is 14.1. The third-order valence-electron chi connectivity index (χ3n) is 2.59. The monoisotopic (exact) mass is 434 g/mol. The van der Waals surface area contributed by atoms with Crippen LogP contribution < -0.4 is 4.74 Å². The van der Waals surface area contributed by atoms with E-state index in [0.29, 0.717) is 15.6 Å². The minimum atomic E-state index is -0.546. The van der Waals surface area contributed by atoms with Gasteiger partial charge in [-0.3, -0.25) is 4.79 Å². The van der Waals surface area contributed by atoms with Gasteiger partial charge in [-0.2, -0.15) is 0 Å². The zero-order chi connectivity index (χ0) is 14.0. The van der Waals surface area contributed by atoms with Crippen LogP contribution in [0, 0.1) is 9.39 Å². The molecule has 0 spiro atoms. The molecule has 0 fully saturated rings. The fraction of sp³-hybridized carbons (Fsp3) is 0.0714. The zero-order valence-electron chi connectivity index (χ0n) is 9.91. The van der Waals surface area contributed by atoms with Crippen molar-refractivity contribution in [2.75, 3.05) is 7.11 Å². The van der Waals surface area contributed by atoms with Gasteiger partial charge in [-0.1, -0.05) is 15.9 Å². The van der Waals surface area contributed by atoms with Crippen LogP contribution in [-0.2, 0) is 0 Å². The lowest BCUT2D eigenvalue weighted by molar-refractivity contribution is 0.103. The Hall–Kier alpha value is -0.950. The summed E-state index contributed by atoms with van der Waals surface area (Å²) in [5.74, 6) is -0.652. The topological polar surface area (TPSA) is 26.3 Å². The Morgan fingerprint density at radius 2 is 2.00 bits per heavy atom. The molecule has 0 atom stereocenters. The molecule has 98 valence electrons. The van der Waals surface area contributed by atoms with Gasteiger partial charge in [-0.05, 0) is 59.0 Å². The number of carbonyl (C=O) groups is 1. The number of benzene rings is 2. The van der Waals surface area contributed by atoms with Gasteiger partial charge in [0.05, 0.1) is 7.11 Å². The van der Waals surface area contributed by atoms with E-state index in [2.05, 4.69) is 38.5 Å². The molecule has 0 saturated carbocycles. The number of ketones is 1. The molecule has 0 radical (unpaired) electrons. The van der Waals surface area contributed by atoms with Crippen molar-refractivity contribution >= 4 is 44.3 Å². The van der Waals surface area contributed by atoms with E-state index in [1.807, 2.05) is 6.07 Å². The van der Waals surface area contributed by atoms with Crippen molar-refractivity contribution in [3.63, 3.8) is 0 Å². The van der Waals surface area contributed by atoms with Crippen LogP contribution in [0.1, 0.15) is 15.9 Å². The van der Waals surface area contributed by atoms with E-state index in [-0.39, 0.29) is 11.5 Å². The lowest BCUT2D eigenvalue weighted by atomic mass is 10.0. The van der Waals surface area contributed by atoms with Gasteiger partial charge in [-0.15, -0.1) is 0 Å². The van der Waals surface area contributed by atoms with Gasteiger partial charge in [0, 0.05) is 19.2 Å². The van der Waals surface area contributed by atoms with Crippen molar-refractivity contribution < 1.29 is 13.9 Å². The summed E-state index contributed by atoms with van der Waals surface area (Å²) in [6, 6.07) is 9.63. The maximum absolute atomic E-state index is 13.6. The molecule has 0 aromatic heterocycles. The molecule has 2 aromatic carbocycles. The number of halogens is 3. The van der Waals surface area contributed by atoms with E-state index in [9.17, 15) is 9.18 Å². The molecule has 0 aliphatic heterocycles. The number of carbonyl (C=O) groups excluding carboxylic acids is 1. The van der Waals surface area contributed by atoms with Gasteiger partial charge in [0.2, 0.25) is 0 Å². The van der Waals surface area contributed by atoms with Gasteiger partial charge >= 0.3 is 0 Å². The molecular formula is C14H9BrFIO2. The fourth-order valence-corrected chi connectivity index (χ4v) is 2.55. The summed E-state index contributed by atoms with van der Waals surface area (Å²) in [6.45, 7) is 0. The SMILES string of the molecule is COc1ccc(C(=O)c2cc(I)ccc2Br)cc1F. The van der Waals surface area contributed by atoms with Crippen LogP contribution in [0.4, 0.5) is 4.39 Å². The highest BCUT2D eigenvalue weighted by atomic mass is 127. The Morgan fingerprint density at radius 1 is 1.26 bits per heavy atom. The van der Waals surface area contributed by atoms with E-state index in [1.54, 1.807) is 18.2 Å². The number of methoxy groups -OCH3 is 1. The van der Waals surface area contributed by atoms with Crippen LogP contribution in [0.15, 0.2) is 40.9 Å². The van der Waals surface area contributed by atoms with E-state index in [4.69, 9.17) is 4.74 Å². The Labute approximate surface area is 132 Å². The van der Waals surface area contributed by atoms with Crippen molar-refractivity contribution in [2.24, 2.45) is 0 Å². The summed E-state index contributed by atoms with van der Waals surface area (Å²) in [7, 11) is 1.38. The van der Waals surface area contributed by atoms with Crippen molar-refractivity contribution in [2.45, 2.75) is 0 Å². The summed E-state index contributed by atoms with van der Waals surface area (Å²) in [4.78, 5) is 12.3. The average Bonchev–Trinajstić information content (AvgIpc) is 2.40. The Balaban J connectivity index is 2.44. The van der Waals surface area contributed by atoms with Crippen LogP contribution in [0.5, 0.6) is 5.75 Å². The third kappa shape index (κ3) is 3.14. The molecule has 0 bridgehead atoms. The van der Waals surface area contributed by atoms with Gasteiger partial charge in [0.15, 0.2) is 17.3 Å². The first-order valence-electron chi connectivity index (χ1n) is 5.36. The molecule has 0 aliphatic rings. The van der Waals surface area contributed by atoms with Crippen molar-refractivity contribution in [3.8, 4) is 5.75 Å². The van der Waals surface area contributed by atoms with Gasteiger partial charge in [0.25, 0.3) is 0 Å². The minimum absolute atomic E-state index is 0.123. The van der Waals surface area contributed by atoms with Crippen LogP contribution in [-0.4, -0.2) is 12.9 Å². The summed E-state index contributed by atoms with van der Waals surface area (Å²) in [5.41, 5.74) is 0.803. The smallest absolute Gasteiger partial charge is 0.194 e. The molecule has 5 heteroatoms. The number of hydrogen-bond donors (Lipinski definition) is 0. The Morgan fingerprint density at radius 3 is 2.63 bits per heavy atom. The lowest BCUT2D eigenvalue weighted by Crippen LogP contribution is -2.04. The summed E-state index contributed by atoms with van der Waals surface area (Å²) in [6.07, 6.45) is 0. The highest BCUT2D eigenvalue weighted by Gasteiger charge is 2.15. The summed E-state index contributed by atoms with van der Waals surface area (Å²) < 4.78 is 20.1. The van der Waals surface area contributed by atoms with Gasteiger partial charge < -0.3 is 4.74 Å². The van der Waals surface area contributed by atoms with Crippen molar-refractivity contribution in [1.29, 1.82) is 0 Å². The average molecular weight is 435 g/mol. The van der Waals surface area contributed by atoms with Crippen molar-refractivity contribution in [1.82, 2.24) is 0 Å². The lowest BCUT2D eigenvalue weighted by Gasteiger charge is -2.07. The van der Waals surface area contributed by atoms with E-state index < -0.39 is 5.82 Å².